The second kappa shape index (κ2) is 7.63. The highest BCUT2D eigenvalue weighted by atomic mass is 32.2. The van der Waals surface area contributed by atoms with Crippen LogP contribution in [0.4, 0.5) is 5.69 Å². The normalized spacial score (nSPS) is 20.0. The number of allylic oxidation sites excluding steroid dienone is 2. The molecule has 1 aromatic carbocycles. The van der Waals surface area contributed by atoms with E-state index >= 15 is 0 Å². The van der Waals surface area contributed by atoms with Crippen LogP contribution in [0.15, 0.2) is 51.2 Å². The molecule has 0 saturated carbocycles. The number of rotatable bonds is 5. The van der Waals surface area contributed by atoms with Crippen molar-refractivity contribution < 1.29 is 14.7 Å². The van der Waals surface area contributed by atoms with Crippen LogP contribution in [-0.2, 0) is 9.59 Å². The molecule has 0 bridgehead atoms. The number of nitrogens with zero attached hydrogens (tertiary/aromatic N) is 2. The first-order chi connectivity index (χ1) is 12.0. The predicted octanol–water partition coefficient (Wildman–Crippen LogP) is 3.68. The Labute approximate surface area is 159 Å². The topological polar surface area (TPSA) is 60.9 Å². The van der Waals surface area contributed by atoms with Gasteiger partial charge in [0, 0.05) is 18.0 Å². The molecule has 1 fully saturated rings. The molecular weight excluding hydrogens is 376 g/mol. The van der Waals surface area contributed by atoms with Crippen LogP contribution in [0.2, 0.25) is 0 Å². The van der Waals surface area contributed by atoms with Crippen molar-refractivity contribution in [3.63, 3.8) is 0 Å². The summed E-state index contributed by atoms with van der Waals surface area (Å²) in [6, 6.07) is 7.87. The molecule has 0 aromatic heterocycles. The molecular formula is C17H16N2O3S3. The number of benzene rings is 1. The maximum atomic E-state index is 12.3. The lowest BCUT2D eigenvalue weighted by Crippen LogP contribution is -2.27. The van der Waals surface area contributed by atoms with Crippen LogP contribution in [0, 0.1) is 0 Å². The maximum Gasteiger partial charge on any atom is 0.305 e. The van der Waals surface area contributed by atoms with Gasteiger partial charge in [0.25, 0.3) is 5.91 Å². The summed E-state index contributed by atoms with van der Waals surface area (Å²) in [5.74, 6) is -0.913. The third-order valence-corrected chi connectivity index (χ3v) is 6.28. The number of amides is 1. The Morgan fingerprint density at radius 1 is 1.24 bits per heavy atom. The third kappa shape index (κ3) is 3.75. The number of carbonyl (C=O) groups is 2. The van der Waals surface area contributed by atoms with E-state index < -0.39 is 5.97 Å². The number of thioether (sulfide) groups is 2. The van der Waals surface area contributed by atoms with E-state index in [4.69, 9.17) is 17.3 Å². The number of aliphatic carboxylic acids is 1. The lowest BCUT2D eigenvalue weighted by Gasteiger charge is -2.19. The number of carbonyl (C=O) groups excluding carboxylic acids is 1. The van der Waals surface area contributed by atoms with Gasteiger partial charge in [-0.15, -0.1) is 0 Å². The molecule has 0 atom stereocenters. The molecule has 0 radical (unpaired) electrons. The molecule has 25 heavy (non-hydrogen) atoms. The van der Waals surface area contributed by atoms with Gasteiger partial charge in [-0.25, -0.2) is 0 Å². The van der Waals surface area contributed by atoms with Gasteiger partial charge >= 0.3 is 5.97 Å². The first kappa shape index (κ1) is 18.0. The van der Waals surface area contributed by atoms with Crippen LogP contribution < -0.4 is 4.90 Å². The lowest BCUT2D eigenvalue weighted by atomic mass is 10.2. The van der Waals surface area contributed by atoms with Crippen molar-refractivity contribution in [3.8, 4) is 0 Å². The van der Waals surface area contributed by atoms with Gasteiger partial charge in [0.2, 0.25) is 0 Å². The van der Waals surface area contributed by atoms with Crippen LogP contribution in [0.3, 0.4) is 0 Å². The molecule has 8 heteroatoms. The Balaban J connectivity index is 1.86. The number of fused-ring (bicyclic) bond motifs is 1. The lowest BCUT2D eigenvalue weighted by molar-refractivity contribution is -0.136. The molecule has 0 unspecified atom stereocenters. The Morgan fingerprint density at radius 2 is 2.00 bits per heavy atom. The van der Waals surface area contributed by atoms with Crippen molar-refractivity contribution in [1.29, 1.82) is 0 Å². The number of thiocarbonyl (C=S) groups is 1. The van der Waals surface area contributed by atoms with Crippen molar-refractivity contribution >= 4 is 57.6 Å². The average Bonchev–Trinajstić information content (AvgIpc) is 3.07. The SMILES string of the molecule is CCN1C(=O)/C(=C/C=C2\Sc3ccccc3N2CCC(=O)O)SC1=S. The number of carboxylic acid groups (broad SMARTS) is 1. The fraction of sp³-hybridized carbons (Fsp3) is 0.235. The van der Waals surface area contributed by atoms with Crippen LogP contribution in [0.5, 0.6) is 0 Å². The van der Waals surface area contributed by atoms with Gasteiger partial charge < -0.3 is 10.0 Å². The molecule has 3 rings (SSSR count). The third-order valence-electron chi connectivity index (χ3n) is 3.75. The van der Waals surface area contributed by atoms with Crippen LogP contribution >= 0.6 is 35.7 Å². The summed E-state index contributed by atoms with van der Waals surface area (Å²) in [5, 5.41) is 9.90. The van der Waals surface area contributed by atoms with Gasteiger partial charge in [-0.1, -0.05) is 47.9 Å². The quantitative estimate of drug-likeness (QED) is 0.606. The number of hydrogen-bond donors (Lipinski definition) is 1. The van der Waals surface area contributed by atoms with Crippen molar-refractivity contribution in [2.45, 2.75) is 18.2 Å². The van der Waals surface area contributed by atoms with E-state index in [9.17, 15) is 9.59 Å². The minimum atomic E-state index is -0.836. The summed E-state index contributed by atoms with van der Waals surface area (Å²) in [6.45, 7) is 2.84. The fourth-order valence-corrected chi connectivity index (χ4v) is 4.96. The van der Waals surface area contributed by atoms with E-state index in [1.807, 2.05) is 42.2 Å². The maximum absolute atomic E-state index is 12.3. The number of para-hydroxylation sites is 1. The highest BCUT2D eigenvalue weighted by molar-refractivity contribution is 8.26. The second-order valence-electron chi connectivity index (χ2n) is 5.32. The summed E-state index contributed by atoms with van der Waals surface area (Å²) < 4.78 is 0.572. The molecule has 1 aromatic rings. The average molecular weight is 393 g/mol. The Bertz CT molecular complexity index is 804. The summed E-state index contributed by atoms with van der Waals surface area (Å²) in [4.78, 5) is 28.5. The van der Waals surface area contributed by atoms with Crippen molar-refractivity contribution in [3.05, 3.63) is 46.4 Å². The number of anilines is 1. The molecule has 2 heterocycles. The number of carboxylic acids is 1. The largest absolute Gasteiger partial charge is 0.481 e. The van der Waals surface area contributed by atoms with Crippen molar-refractivity contribution in [1.82, 2.24) is 4.90 Å². The van der Waals surface area contributed by atoms with Crippen LogP contribution in [0.1, 0.15) is 13.3 Å². The zero-order valence-electron chi connectivity index (χ0n) is 13.5. The molecule has 1 saturated heterocycles. The first-order valence-corrected chi connectivity index (χ1v) is 9.77. The molecule has 1 amide bonds. The monoisotopic (exact) mass is 392 g/mol. The van der Waals surface area contributed by atoms with Gasteiger partial charge in [-0.05, 0) is 31.2 Å². The molecule has 0 spiro atoms. The van der Waals surface area contributed by atoms with E-state index in [0.29, 0.717) is 22.3 Å². The van der Waals surface area contributed by atoms with Gasteiger partial charge in [-0.2, -0.15) is 0 Å². The predicted molar refractivity (Wildman–Crippen MR) is 106 cm³/mol. The van der Waals surface area contributed by atoms with E-state index in [0.717, 1.165) is 15.6 Å². The second-order valence-corrected chi connectivity index (χ2v) is 8.06. The zero-order valence-corrected chi connectivity index (χ0v) is 15.9. The number of hydrogen-bond acceptors (Lipinski definition) is 6. The Hall–Kier alpha value is -1.77. The minimum Gasteiger partial charge on any atom is -0.481 e. The zero-order chi connectivity index (χ0) is 18.0. The van der Waals surface area contributed by atoms with Gasteiger partial charge in [-0.3, -0.25) is 14.5 Å². The molecule has 5 nitrogen and oxygen atoms in total. The molecule has 1 N–H and O–H groups in total. The summed E-state index contributed by atoms with van der Waals surface area (Å²) in [6.07, 6.45) is 3.69. The molecule has 130 valence electrons. The smallest absolute Gasteiger partial charge is 0.305 e. The highest BCUT2D eigenvalue weighted by Gasteiger charge is 2.31. The summed E-state index contributed by atoms with van der Waals surface area (Å²) in [7, 11) is 0. The van der Waals surface area contributed by atoms with Crippen LogP contribution in [-0.4, -0.2) is 39.3 Å². The highest BCUT2D eigenvalue weighted by Crippen LogP contribution is 2.46. The van der Waals surface area contributed by atoms with Crippen molar-refractivity contribution in [2.75, 3.05) is 18.0 Å². The Morgan fingerprint density at radius 3 is 2.68 bits per heavy atom. The Kier molecular flexibility index (Phi) is 5.51. The van der Waals surface area contributed by atoms with Gasteiger partial charge in [0.1, 0.15) is 4.32 Å². The van der Waals surface area contributed by atoms with E-state index in [1.165, 1.54) is 11.8 Å². The molecule has 0 aliphatic carbocycles. The fourth-order valence-electron chi connectivity index (χ4n) is 2.55. The van der Waals surface area contributed by atoms with E-state index in [-0.39, 0.29) is 12.3 Å². The summed E-state index contributed by atoms with van der Waals surface area (Å²) in [5.41, 5.74) is 0.995. The minimum absolute atomic E-state index is 0.0458. The van der Waals surface area contributed by atoms with E-state index in [2.05, 4.69) is 0 Å². The number of likely N-dealkylation sites (N-methyl/N-ethyl adjacent to an activating group) is 1. The van der Waals surface area contributed by atoms with Gasteiger partial charge in [0.05, 0.1) is 22.0 Å². The van der Waals surface area contributed by atoms with E-state index in [1.54, 1.807) is 22.7 Å². The van der Waals surface area contributed by atoms with Crippen molar-refractivity contribution in [2.24, 2.45) is 0 Å². The van der Waals surface area contributed by atoms with Gasteiger partial charge in [0.15, 0.2) is 0 Å². The first-order valence-electron chi connectivity index (χ1n) is 7.73. The summed E-state index contributed by atoms with van der Waals surface area (Å²) >= 11 is 8.08. The van der Waals surface area contributed by atoms with Crippen LogP contribution in [0.25, 0.3) is 0 Å². The molecule has 2 aliphatic rings. The standard InChI is InChI=1S/C17H16N2O3S3/c1-2-18-16(22)13(25-17(18)23)7-8-14-19(10-9-15(20)21)11-5-3-4-6-12(11)24-14/h3-8H,2,9-10H2,1H3,(H,20,21)/b13-7-,14-8-. The molecule has 2 aliphatic heterocycles.